The van der Waals surface area contributed by atoms with Crippen LogP contribution in [-0.2, 0) is 11.4 Å². The number of nitrogens with one attached hydrogen (secondary N) is 1. The predicted octanol–water partition coefficient (Wildman–Crippen LogP) is 5.90. The maximum Gasteiger partial charge on any atom is 0.170 e. The summed E-state index contributed by atoms with van der Waals surface area (Å²) in [5, 5.41) is 12.5. The van der Waals surface area contributed by atoms with Crippen molar-refractivity contribution < 1.29 is 13.8 Å². The monoisotopic (exact) mass is 387 g/mol. The summed E-state index contributed by atoms with van der Waals surface area (Å²) in [7, 11) is 0. The van der Waals surface area contributed by atoms with Gasteiger partial charge in [0.15, 0.2) is 5.58 Å². The van der Waals surface area contributed by atoms with Crippen LogP contribution < -0.4 is 5.32 Å². The highest BCUT2D eigenvalue weighted by atomic mass is 35.5. The zero-order valence-corrected chi connectivity index (χ0v) is 15.8. The highest BCUT2D eigenvalue weighted by Crippen LogP contribution is 2.27. The second-order valence-electron chi connectivity index (χ2n) is 5.97. The summed E-state index contributed by atoms with van der Waals surface area (Å²) in [5.41, 5.74) is 3.85. The van der Waals surface area contributed by atoms with Crippen LogP contribution in [0.2, 0.25) is 5.02 Å². The first-order chi connectivity index (χ1) is 13.0. The Kier molecular flexibility index (Phi) is 5.76. The van der Waals surface area contributed by atoms with Crippen molar-refractivity contribution in [1.29, 1.82) is 0 Å². The van der Waals surface area contributed by atoms with Gasteiger partial charge in [0, 0.05) is 28.0 Å². The lowest BCUT2D eigenvalue weighted by molar-refractivity contribution is 0.131. The van der Waals surface area contributed by atoms with Gasteiger partial charge in [-0.3, -0.25) is 0 Å². The molecule has 0 aliphatic rings. The molecular weight excluding hydrogens is 369 g/mol. The van der Waals surface area contributed by atoms with Gasteiger partial charge in [0.2, 0.25) is 0 Å². The molecule has 0 atom stereocenters. The number of halogens is 2. The van der Waals surface area contributed by atoms with Crippen molar-refractivity contribution in [1.82, 2.24) is 5.16 Å². The second kappa shape index (κ2) is 8.22. The fraction of sp³-hybridized carbons (Fsp3) is 0.200. The van der Waals surface area contributed by atoms with Crippen LogP contribution in [0, 0.1) is 5.82 Å². The van der Waals surface area contributed by atoms with Crippen LogP contribution in [0.1, 0.15) is 31.5 Å². The van der Waals surface area contributed by atoms with Crippen molar-refractivity contribution in [2.45, 2.75) is 26.9 Å². The van der Waals surface area contributed by atoms with Gasteiger partial charge in [0.1, 0.15) is 23.8 Å². The molecule has 0 unspecified atom stereocenters. The molecule has 2 aromatic carbocycles. The van der Waals surface area contributed by atoms with Crippen molar-refractivity contribution in [3.05, 3.63) is 70.8 Å². The van der Waals surface area contributed by atoms with Crippen molar-refractivity contribution in [2.75, 3.05) is 5.32 Å². The summed E-state index contributed by atoms with van der Waals surface area (Å²) in [5.74, 6) is -0.386. The third kappa shape index (κ3) is 4.28. The van der Waals surface area contributed by atoms with E-state index in [1.165, 1.54) is 12.1 Å². The first-order valence-electron chi connectivity index (χ1n) is 8.43. The van der Waals surface area contributed by atoms with Crippen LogP contribution >= 0.6 is 11.6 Å². The van der Waals surface area contributed by atoms with Crippen LogP contribution in [0.4, 0.5) is 10.1 Å². The number of benzene rings is 2. The van der Waals surface area contributed by atoms with Gasteiger partial charge in [-0.15, -0.1) is 0 Å². The van der Waals surface area contributed by atoms with Gasteiger partial charge in [-0.1, -0.05) is 41.5 Å². The van der Waals surface area contributed by atoms with Gasteiger partial charge < -0.3 is 14.7 Å². The van der Waals surface area contributed by atoms with Gasteiger partial charge in [0.05, 0.1) is 5.39 Å². The Morgan fingerprint density at radius 2 is 2.19 bits per heavy atom. The molecule has 3 aromatic rings. The van der Waals surface area contributed by atoms with Gasteiger partial charge in [0.25, 0.3) is 0 Å². The van der Waals surface area contributed by atoms with Gasteiger partial charge in [-0.25, -0.2) is 4.39 Å². The molecule has 1 aromatic heterocycles. The summed E-state index contributed by atoms with van der Waals surface area (Å²) in [6.45, 7) is 7.87. The predicted molar refractivity (Wildman–Crippen MR) is 105 cm³/mol. The molecule has 5 nitrogen and oxygen atoms in total. The van der Waals surface area contributed by atoms with E-state index < -0.39 is 0 Å². The van der Waals surface area contributed by atoms with Gasteiger partial charge >= 0.3 is 0 Å². The van der Waals surface area contributed by atoms with Crippen LogP contribution in [-0.4, -0.2) is 10.9 Å². The smallest absolute Gasteiger partial charge is 0.170 e. The Bertz CT molecular complexity index is 1010. The number of anilines is 1. The Morgan fingerprint density at radius 3 is 2.96 bits per heavy atom. The highest BCUT2D eigenvalue weighted by molar-refractivity contribution is 6.31. The molecule has 7 heteroatoms. The first kappa shape index (κ1) is 18.9. The maximum atomic E-state index is 13.3. The third-order valence-electron chi connectivity index (χ3n) is 4.04. The van der Waals surface area contributed by atoms with E-state index in [1.807, 2.05) is 19.1 Å². The number of fused-ring (bicyclic) bond motifs is 1. The molecule has 1 heterocycles. The number of hydrogen-bond acceptors (Lipinski definition) is 5. The largest absolute Gasteiger partial charge is 0.391 e. The topological polar surface area (TPSA) is 59.6 Å². The van der Waals surface area contributed by atoms with Crippen LogP contribution in [0.3, 0.4) is 0 Å². The average Bonchev–Trinajstić information content (AvgIpc) is 3.06. The number of aromatic nitrogens is 1. The SMILES string of the molecule is C=C(CC)Nc1cccc(Cl)c1CON=C(C)c1noc2cc(F)ccc12. The summed E-state index contributed by atoms with van der Waals surface area (Å²) in [6.07, 6.45) is 0.796. The lowest BCUT2D eigenvalue weighted by atomic mass is 10.1. The zero-order valence-electron chi connectivity index (χ0n) is 15.1. The zero-order chi connectivity index (χ0) is 19.4. The van der Waals surface area contributed by atoms with Crippen LogP contribution in [0.5, 0.6) is 0 Å². The molecule has 0 radical (unpaired) electrons. The average molecular weight is 388 g/mol. The number of rotatable bonds is 7. The first-order valence-corrected chi connectivity index (χ1v) is 8.81. The standard InChI is InChI=1S/C20H19ClFN3O2/c1-4-12(2)23-18-7-5-6-17(21)16(18)11-26-24-13(3)20-15-9-8-14(22)10-19(15)27-25-20/h5-10,23H,2,4,11H2,1,3H3. The lowest BCUT2D eigenvalue weighted by Gasteiger charge is -2.13. The van der Waals surface area contributed by atoms with E-state index in [-0.39, 0.29) is 12.4 Å². The van der Waals surface area contributed by atoms with Crippen LogP contribution in [0.25, 0.3) is 11.0 Å². The lowest BCUT2D eigenvalue weighted by Crippen LogP contribution is -2.03. The summed E-state index contributed by atoms with van der Waals surface area (Å²) in [4.78, 5) is 5.49. The minimum absolute atomic E-state index is 0.167. The molecular formula is C20H19ClFN3O2. The summed E-state index contributed by atoms with van der Waals surface area (Å²) in [6, 6.07) is 9.77. The Hall–Kier alpha value is -2.86. The van der Waals surface area contributed by atoms with Crippen molar-refractivity contribution in [3.63, 3.8) is 0 Å². The molecule has 0 fully saturated rings. The molecule has 0 spiro atoms. The van der Waals surface area contributed by atoms with E-state index in [9.17, 15) is 4.39 Å². The molecule has 0 aliphatic heterocycles. The fourth-order valence-electron chi connectivity index (χ4n) is 2.51. The molecule has 3 rings (SSSR count). The van der Waals surface area contributed by atoms with E-state index in [4.69, 9.17) is 21.0 Å². The quantitative estimate of drug-likeness (QED) is 0.405. The molecule has 140 valence electrons. The molecule has 27 heavy (non-hydrogen) atoms. The second-order valence-corrected chi connectivity index (χ2v) is 6.38. The summed E-state index contributed by atoms with van der Waals surface area (Å²) < 4.78 is 18.4. The third-order valence-corrected chi connectivity index (χ3v) is 4.40. The molecule has 0 amide bonds. The number of allylic oxidation sites excluding steroid dienone is 1. The van der Waals surface area contributed by atoms with E-state index in [0.717, 1.165) is 23.4 Å². The fourth-order valence-corrected chi connectivity index (χ4v) is 2.74. The summed E-state index contributed by atoms with van der Waals surface area (Å²) >= 11 is 6.30. The normalized spacial score (nSPS) is 11.6. The van der Waals surface area contributed by atoms with Gasteiger partial charge in [-0.2, -0.15) is 0 Å². The van der Waals surface area contributed by atoms with E-state index >= 15 is 0 Å². The van der Waals surface area contributed by atoms with E-state index in [1.54, 1.807) is 19.1 Å². The maximum absolute atomic E-state index is 13.3. The number of oxime groups is 1. The Labute approximate surface area is 161 Å². The minimum Gasteiger partial charge on any atom is -0.391 e. The number of hydrogen-bond donors (Lipinski definition) is 1. The minimum atomic E-state index is -0.386. The molecule has 0 aliphatic carbocycles. The molecule has 0 saturated heterocycles. The van der Waals surface area contributed by atoms with Crippen molar-refractivity contribution in [2.24, 2.45) is 5.16 Å². The van der Waals surface area contributed by atoms with Crippen LogP contribution in [0.15, 0.2) is 58.4 Å². The van der Waals surface area contributed by atoms with Crippen molar-refractivity contribution in [3.8, 4) is 0 Å². The molecule has 0 bridgehead atoms. The highest BCUT2D eigenvalue weighted by Gasteiger charge is 2.13. The molecule has 0 saturated carbocycles. The van der Waals surface area contributed by atoms with Crippen molar-refractivity contribution >= 4 is 34.0 Å². The number of nitrogens with zero attached hydrogens (tertiary/aromatic N) is 2. The Balaban J connectivity index is 1.77. The van der Waals surface area contributed by atoms with E-state index in [0.29, 0.717) is 27.4 Å². The molecule has 1 N–H and O–H groups in total. The van der Waals surface area contributed by atoms with E-state index in [2.05, 4.69) is 22.2 Å². The van der Waals surface area contributed by atoms with Gasteiger partial charge in [-0.05, 0) is 37.6 Å². The Morgan fingerprint density at radius 1 is 1.37 bits per heavy atom.